The molecule has 3 rings (SSSR count). The predicted molar refractivity (Wildman–Crippen MR) is 129 cm³/mol. The number of sulfonamides is 1. The summed E-state index contributed by atoms with van der Waals surface area (Å²) >= 11 is 0. The standard InChI is InChI=1S/C26H30N2O3S/c1-18-12-14-25(21(4)15-18)28(32(30,31)23-9-7-6-8-10-23)17-26(29)27-22(5)24-16-19(2)11-13-20(24)3/h6-16,22H,17H2,1-5H3,(H,27,29). The highest BCUT2D eigenvalue weighted by molar-refractivity contribution is 7.92. The smallest absolute Gasteiger partial charge is 0.264 e. The van der Waals surface area contributed by atoms with Gasteiger partial charge in [0.25, 0.3) is 10.0 Å². The number of anilines is 1. The number of carbonyl (C=O) groups excluding carboxylic acids is 1. The van der Waals surface area contributed by atoms with Gasteiger partial charge in [0.2, 0.25) is 5.91 Å². The van der Waals surface area contributed by atoms with E-state index < -0.39 is 10.0 Å². The highest BCUT2D eigenvalue weighted by atomic mass is 32.2. The largest absolute Gasteiger partial charge is 0.348 e. The van der Waals surface area contributed by atoms with Crippen molar-refractivity contribution in [3.05, 3.63) is 94.5 Å². The fourth-order valence-electron chi connectivity index (χ4n) is 3.83. The van der Waals surface area contributed by atoms with Crippen LogP contribution < -0.4 is 9.62 Å². The number of benzene rings is 3. The highest BCUT2D eigenvalue weighted by Crippen LogP contribution is 2.28. The van der Waals surface area contributed by atoms with Crippen molar-refractivity contribution in [3.63, 3.8) is 0 Å². The number of rotatable bonds is 7. The minimum absolute atomic E-state index is 0.148. The molecule has 0 aliphatic heterocycles. The molecule has 168 valence electrons. The lowest BCUT2D eigenvalue weighted by atomic mass is 10.00. The molecule has 0 saturated heterocycles. The van der Waals surface area contributed by atoms with Gasteiger partial charge in [0.15, 0.2) is 0 Å². The van der Waals surface area contributed by atoms with Crippen LogP contribution in [-0.2, 0) is 14.8 Å². The van der Waals surface area contributed by atoms with Crippen molar-refractivity contribution in [1.82, 2.24) is 5.32 Å². The minimum Gasteiger partial charge on any atom is -0.348 e. The summed E-state index contributed by atoms with van der Waals surface area (Å²) in [5.74, 6) is -0.363. The first-order valence-electron chi connectivity index (χ1n) is 10.6. The van der Waals surface area contributed by atoms with Crippen molar-refractivity contribution in [2.24, 2.45) is 0 Å². The van der Waals surface area contributed by atoms with Crippen LogP contribution in [0.5, 0.6) is 0 Å². The fourth-order valence-corrected chi connectivity index (χ4v) is 5.33. The molecule has 0 radical (unpaired) electrons. The van der Waals surface area contributed by atoms with Crippen LogP contribution in [0.3, 0.4) is 0 Å². The third-order valence-corrected chi connectivity index (χ3v) is 7.29. The van der Waals surface area contributed by atoms with E-state index in [0.717, 1.165) is 27.8 Å². The number of carbonyl (C=O) groups is 1. The maximum Gasteiger partial charge on any atom is 0.264 e. The van der Waals surface area contributed by atoms with Crippen molar-refractivity contribution in [1.29, 1.82) is 0 Å². The molecule has 0 heterocycles. The van der Waals surface area contributed by atoms with Crippen LogP contribution in [0.15, 0.2) is 71.6 Å². The zero-order valence-corrected chi connectivity index (χ0v) is 20.0. The van der Waals surface area contributed by atoms with Crippen LogP contribution in [0.25, 0.3) is 0 Å². The summed E-state index contributed by atoms with van der Waals surface area (Å²) in [4.78, 5) is 13.2. The second-order valence-corrected chi connectivity index (χ2v) is 10.1. The molecule has 1 unspecified atom stereocenters. The zero-order valence-electron chi connectivity index (χ0n) is 19.2. The molecule has 3 aromatic rings. The average molecular weight is 451 g/mol. The first kappa shape index (κ1) is 23.5. The molecule has 32 heavy (non-hydrogen) atoms. The van der Waals surface area contributed by atoms with Crippen LogP contribution in [-0.4, -0.2) is 20.9 Å². The van der Waals surface area contributed by atoms with Crippen LogP contribution in [0, 0.1) is 27.7 Å². The van der Waals surface area contributed by atoms with E-state index in [1.54, 1.807) is 36.4 Å². The van der Waals surface area contributed by atoms with E-state index in [1.165, 1.54) is 4.31 Å². The molecule has 1 atom stereocenters. The molecule has 1 N–H and O–H groups in total. The Morgan fingerprint density at radius 2 is 1.50 bits per heavy atom. The van der Waals surface area contributed by atoms with Crippen LogP contribution in [0.2, 0.25) is 0 Å². The molecule has 0 spiro atoms. The Labute approximate surface area is 191 Å². The lowest BCUT2D eigenvalue weighted by molar-refractivity contribution is -0.120. The average Bonchev–Trinajstić information content (AvgIpc) is 2.74. The quantitative estimate of drug-likeness (QED) is 0.551. The Kier molecular flexibility index (Phi) is 7.04. The fraction of sp³-hybridized carbons (Fsp3) is 0.269. The van der Waals surface area contributed by atoms with Gasteiger partial charge in [0, 0.05) is 0 Å². The topological polar surface area (TPSA) is 66.5 Å². The summed E-state index contributed by atoms with van der Waals surface area (Å²) in [6, 6.07) is 19.6. The molecule has 0 aliphatic carbocycles. The molecule has 0 aromatic heterocycles. The van der Waals surface area contributed by atoms with E-state index in [2.05, 4.69) is 5.32 Å². The number of nitrogens with zero attached hydrogens (tertiary/aromatic N) is 1. The number of hydrogen-bond donors (Lipinski definition) is 1. The molecule has 1 amide bonds. The number of aryl methyl sites for hydroxylation is 4. The predicted octanol–water partition coefficient (Wildman–Crippen LogP) is 4.99. The molecule has 0 bridgehead atoms. The van der Waals surface area contributed by atoms with Crippen molar-refractivity contribution in [2.45, 2.75) is 45.6 Å². The van der Waals surface area contributed by atoms with Crippen molar-refractivity contribution >= 4 is 21.6 Å². The molecule has 5 nitrogen and oxygen atoms in total. The van der Waals surface area contributed by atoms with Gasteiger partial charge in [-0.25, -0.2) is 8.42 Å². The SMILES string of the molecule is Cc1ccc(N(CC(=O)NC(C)c2cc(C)ccc2C)S(=O)(=O)c2ccccc2)c(C)c1. The lowest BCUT2D eigenvalue weighted by Crippen LogP contribution is -2.42. The van der Waals surface area contributed by atoms with E-state index >= 15 is 0 Å². The van der Waals surface area contributed by atoms with Crippen LogP contribution >= 0.6 is 0 Å². The van der Waals surface area contributed by atoms with Crippen molar-refractivity contribution in [2.75, 3.05) is 10.8 Å². The second-order valence-electron chi connectivity index (χ2n) is 8.26. The molecular formula is C26H30N2O3S. The van der Waals surface area contributed by atoms with E-state index in [1.807, 2.05) is 65.0 Å². The second kappa shape index (κ2) is 9.57. The summed E-state index contributed by atoms with van der Waals surface area (Å²) in [5, 5.41) is 2.97. The molecule has 0 fully saturated rings. The third-order valence-electron chi connectivity index (χ3n) is 5.52. The molecular weight excluding hydrogens is 420 g/mol. The van der Waals surface area contributed by atoms with E-state index in [9.17, 15) is 13.2 Å². The van der Waals surface area contributed by atoms with Crippen LogP contribution in [0.1, 0.15) is 40.8 Å². The van der Waals surface area contributed by atoms with Gasteiger partial charge in [-0.15, -0.1) is 0 Å². The summed E-state index contributed by atoms with van der Waals surface area (Å²) in [6.45, 7) is 9.41. The molecule has 3 aromatic carbocycles. The number of amides is 1. The zero-order chi connectivity index (χ0) is 23.5. The first-order chi connectivity index (χ1) is 15.1. The van der Waals surface area contributed by atoms with Gasteiger partial charge >= 0.3 is 0 Å². The first-order valence-corrected chi connectivity index (χ1v) is 12.0. The Balaban J connectivity index is 1.94. The number of nitrogens with one attached hydrogen (secondary N) is 1. The Morgan fingerprint density at radius 3 is 2.16 bits per heavy atom. The third kappa shape index (κ3) is 5.19. The van der Waals surface area contributed by atoms with E-state index in [-0.39, 0.29) is 23.4 Å². The minimum atomic E-state index is -3.93. The molecule has 6 heteroatoms. The van der Waals surface area contributed by atoms with Gasteiger partial charge in [-0.05, 0) is 69.5 Å². The lowest BCUT2D eigenvalue weighted by Gasteiger charge is -2.27. The normalized spacial score (nSPS) is 12.3. The summed E-state index contributed by atoms with van der Waals surface area (Å²) in [7, 11) is -3.93. The van der Waals surface area contributed by atoms with Gasteiger partial charge in [0.1, 0.15) is 6.54 Å². The van der Waals surface area contributed by atoms with Crippen molar-refractivity contribution < 1.29 is 13.2 Å². The monoisotopic (exact) mass is 450 g/mol. The van der Waals surface area contributed by atoms with Gasteiger partial charge in [-0.1, -0.05) is 59.7 Å². The summed E-state index contributed by atoms with van der Waals surface area (Å²) < 4.78 is 28.2. The Hall–Kier alpha value is -3.12. The van der Waals surface area contributed by atoms with E-state index in [0.29, 0.717) is 5.69 Å². The summed E-state index contributed by atoms with van der Waals surface area (Å²) in [6.07, 6.45) is 0. The maximum absolute atomic E-state index is 13.5. The van der Waals surface area contributed by atoms with Gasteiger partial charge in [0.05, 0.1) is 16.6 Å². The molecule has 0 saturated carbocycles. The summed E-state index contributed by atoms with van der Waals surface area (Å²) in [5.41, 5.74) is 5.51. The van der Waals surface area contributed by atoms with Gasteiger partial charge in [-0.2, -0.15) is 0 Å². The van der Waals surface area contributed by atoms with Gasteiger partial charge in [-0.3, -0.25) is 9.10 Å². The number of hydrogen-bond acceptors (Lipinski definition) is 3. The van der Waals surface area contributed by atoms with Crippen molar-refractivity contribution in [3.8, 4) is 0 Å². The van der Waals surface area contributed by atoms with Gasteiger partial charge < -0.3 is 5.32 Å². The Bertz CT molecular complexity index is 1220. The molecule has 0 aliphatic rings. The maximum atomic E-state index is 13.5. The Morgan fingerprint density at radius 1 is 0.875 bits per heavy atom. The van der Waals surface area contributed by atoms with Crippen LogP contribution in [0.4, 0.5) is 5.69 Å². The van der Waals surface area contributed by atoms with E-state index in [4.69, 9.17) is 0 Å². The highest BCUT2D eigenvalue weighted by Gasteiger charge is 2.28.